The number of anilines is 1. The predicted octanol–water partition coefficient (Wildman–Crippen LogP) is 2.95. The molecule has 1 fully saturated rings. The number of pyridine rings is 1. The van der Waals surface area contributed by atoms with Gasteiger partial charge in [-0.2, -0.15) is 0 Å². The standard InChI is InChI=1S/C17H19N3O/c1-12-10-14(18)6-7-15(12)17(21)20-9-3-5-16(20)13-4-2-8-19-11-13/h2,4,6-8,10-11,16H,3,5,9,18H2,1H3. The maximum atomic E-state index is 12.8. The lowest BCUT2D eigenvalue weighted by atomic mass is 10.0. The molecule has 4 heteroatoms. The molecule has 0 spiro atoms. The Hall–Kier alpha value is -2.36. The number of amides is 1. The van der Waals surface area contributed by atoms with Crippen molar-refractivity contribution >= 4 is 11.6 Å². The highest BCUT2D eigenvalue weighted by atomic mass is 16.2. The molecule has 2 aromatic rings. The Bertz CT molecular complexity index is 654. The van der Waals surface area contributed by atoms with Crippen molar-refractivity contribution in [2.24, 2.45) is 0 Å². The van der Waals surface area contributed by atoms with Crippen LogP contribution in [0.2, 0.25) is 0 Å². The van der Waals surface area contributed by atoms with Gasteiger partial charge in [0.2, 0.25) is 0 Å². The summed E-state index contributed by atoms with van der Waals surface area (Å²) in [5, 5.41) is 0. The van der Waals surface area contributed by atoms with Crippen molar-refractivity contribution in [3.05, 3.63) is 59.4 Å². The van der Waals surface area contributed by atoms with Crippen LogP contribution in [-0.4, -0.2) is 22.3 Å². The van der Waals surface area contributed by atoms with Gasteiger partial charge in [-0.3, -0.25) is 9.78 Å². The van der Waals surface area contributed by atoms with Gasteiger partial charge in [0.05, 0.1) is 6.04 Å². The maximum absolute atomic E-state index is 12.8. The smallest absolute Gasteiger partial charge is 0.254 e. The Morgan fingerprint density at radius 3 is 2.95 bits per heavy atom. The predicted molar refractivity (Wildman–Crippen MR) is 82.8 cm³/mol. The van der Waals surface area contributed by atoms with Gasteiger partial charge in [-0.15, -0.1) is 0 Å². The monoisotopic (exact) mass is 281 g/mol. The molecule has 1 amide bonds. The Labute approximate surface area is 124 Å². The van der Waals surface area contributed by atoms with Gasteiger partial charge in [0, 0.05) is 30.2 Å². The van der Waals surface area contributed by atoms with Gasteiger partial charge in [-0.05, 0) is 55.2 Å². The molecular weight excluding hydrogens is 262 g/mol. The van der Waals surface area contributed by atoms with Crippen molar-refractivity contribution in [3.63, 3.8) is 0 Å². The number of carbonyl (C=O) groups is 1. The summed E-state index contributed by atoms with van der Waals surface area (Å²) in [5.41, 5.74) is 9.23. The molecular formula is C17H19N3O. The molecule has 108 valence electrons. The number of benzene rings is 1. The fourth-order valence-corrected chi connectivity index (χ4v) is 3.01. The molecule has 1 atom stereocenters. The highest BCUT2D eigenvalue weighted by Crippen LogP contribution is 2.33. The minimum atomic E-state index is 0.0823. The fourth-order valence-electron chi connectivity index (χ4n) is 3.01. The number of nitrogens with two attached hydrogens (primary N) is 1. The van der Waals surface area contributed by atoms with E-state index in [0.29, 0.717) is 5.69 Å². The zero-order valence-electron chi connectivity index (χ0n) is 12.1. The third-order valence-corrected chi connectivity index (χ3v) is 4.06. The molecule has 0 radical (unpaired) electrons. The molecule has 21 heavy (non-hydrogen) atoms. The van der Waals surface area contributed by atoms with Crippen molar-refractivity contribution in [3.8, 4) is 0 Å². The van der Waals surface area contributed by atoms with Crippen LogP contribution in [-0.2, 0) is 0 Å². The maximum Gasteiger partial charge on any atom is 0.254 e. The first-order chi connectivity index (χ1) is 10.2. The van der Waals surface area contributed by atoms with E-state index in [0.717, 1.165) is 36.1 Å². The zero-order valence-corrected chi connectivity index (χ0v) is 12.1. The molecule has 0 bridgehead atoms. The Kier molecular flexibility index (Phi) is 3.60. The van der Waals surface area contributed by atoms with Crippen LogP contribution < -0.4 is 5.73 Å². The van der Waals surface area contributed by atoms with Crippen LogP contribution in [0.25, 0.3) is 0 Å². The second-order valence-corrected chi connectivity index (χ2v) is 5.52. The first-order valence-corrected chi connectivity index (χ1v) is 7.24. The summed E-state index contributed by atoms with van der Waals surface area (Å²) in [6.07, 6.45) is 5.63. The van der Waals surface area contributed by atoms with Crippen molar-refractivity contribution in [1.29, 1.82) is 0 Å². The average molecular weight is 281 g/mol. The summed E-state index contributed by atoms with van der Waals surface area (Å²) in [4.78, 5) is 19.0. The first kappa shape index (κ1) is 13.6. The lowest BCUT2D eigenvalue weighted by Crippen LogP contribution is -2.31. The van der Waals surface area contributed by atoms with E-state index in [1.165, 1.54) is 0 Å². The van der Waals surface area contributed by atoms with Gasteiger partial charge in [-0.1, -0.05) is 6.07 Å². The van der Waals surface area contributed by atoms with E-state index in [-0.39, 0.29) is 11.9 Å². The third-order valence-electron chi connectivity index (χ3n) is 4.06. The minimum absolute atomic E-state index is 0.0823. The Morgan fingerprint density at radius 2 is 2.24 bits per heavy atom. The van der Waals surface area contributed by atoms with Crippen molar-refractivity contribution in [2.45, 2.75) is 25.8 Å². The molecule has 4 nitrogen and oxygen atoms in total. The number of rotatable bonds is 2. The number of likely N-dealkylation sites (tertiary alicyclic amines) is 1. The number of hydrogen-bond acceptors (Lipinski definition) is 3. The molecule has 2 N–H and O–H groups in total. The van der Waals surface area contributed by atoms with Crippen LogP contribution in [0, 0.1) is 6.92 Å². The largest absolute Gasteiger partial charge is 0.399 e. The number of aryl methyl sites for hydroxylation is 1. The third kappa shape index (κ3) is 2.61. The van der Waals surface area contributed by atoms with E-state index < -0.39 is 0 Å². The average Bonchev–Trinajstić information content (AvgIpc) is 2.97. The zero-order chi connectivity index (χ0) is 14.8. The summed E-state index contributed by atoms with van der Waals surface area (Å²) >= 11 is 0. The number of nitrogen functional groups attached to an aromatic ring is 1. The highest BCUT2D eigenvalue weighted by molar-refractivity contribution is 5.96. The molecule has 1 aromatic heterocycles. The number of nitrogens with zero attached hydrogens (tertiary/aromatic N) is 2. The van der Waals surface area contributed by atoms with Crippen LogP contribution in [0.15, 0.2) is 42.7 Å². The summed E-state index contributed by atoms with van der Waals surface area (Å²) in [5.74, 6) is 0.0823. The number of hydrogen-bond donors (Lipinski definition) is 1. The molecule has 0 aliphatic carbocycles. The summed E-state index contributed by atoms with van der Waals surface area (Å²) in [6.45, 7) is 2.72. The Balaban J connectivity index is 1.90. The van der Waals surface area contributed by atoms with Crippen molar-refractivity contribution < 1.29 is 4.79 Å². The van der Waals surface area contributed by atoms with E-state index in [1.54, 1.807) is 12.3 Å². The highest BCUT2D eigenvalue weighted by Gasteiger charge is 2.31. The lowest BCUT2D eigenvalue weighted by Gasteiger charge is -2.25. The van der Waals surface area contributed by atoms with Crippen LogP contribution in [0.1, 0.15) is 40.4 Å². The second-order valence-electron chi connectivity index (χ2n) is 5.52. The van der Waals surface area contributed by atoms with E-state index in [1.807, 2.05) is 42.3 Å². The minimum Gasteiger partial charge on any atom is -0.399 e. The lowest BCUT2D eigenvalue weighted by molar-refractivity contribution is 0.0735. The molecule has 1 aliphatic heterocycles. The molecule has 1 unspecified atom stereocenters. The molecule has 2 heterocycles. The van der Waals surface area contributed by atoms with Gasteiger partial charge >= 0.3 is 0 Å². The van der Waals surface area contributed by atoms with Gasteiger partial charge in [0.1, 0.15) is 0 Å². The van der Waals surface area contributed by atoms with Crippen molar-refractivity contribution in [1.82, 2.24) is 9.88 Å². The van der Waals surface area contributed by atoms with Gasteiger partial charge in [0.15, 0.2) is 0 Å². The summed E-state index contributed by atoms with van der Waals surface area (Å²) < 4.78 is 0. The second kappa shape index (κ2) is 5.56. The molecule has 0 saturated carbocycles. The van der Waals surface area contributed by atoms with Gasteiger partial charge in [-0.25, -0.2) is 0 Å². The summed E-state index contributed by atoms with van der Waals surface area (Å²) in [6, 6.07) is 9.55. The fraction of sp³-hybridized carbons (Fsp3) is 0.294. The normalized spacial score (nSPS) is 18.0. The SMILES string of the molecule is Cc1cc(N)ccc1C(=O)N1CCCC1c1cccnc1. The Morgan fingerprint density at radius 1 is 1.38 bits per heavy atom. The summed E-state index contributed by atoms with van der Waals surface area (Å²) in [7, 11) is 0. The number of aromatic nitrogens is 1. The van der Waals surface area contributed by atoms with Gasteiger partial charge < -0.3 is 10.6 Å². The van der Waals surface area contributed by atoms with Crippen LogP contribution >= 0.6 is 0 Å². The number of carbonyl (C=O) groups excluding carboxylic acids is 1. The quantitative estimate of drug-likeness (QED) is 0.861. The van der Waals surface area contributed by atoms with E-state index in [4.69, 9.17) is 5.73 Å². The first-order valence-electron chi connectivity index (χ1n) is 7.24. The molecule has 1 aromatic carbocycles. The van der Waals surface area contributed by atoms with Crippen LogP contribution in [0.5, 0.6) is 0 Å². The van der Waals surface area contributed by atoms with E-state index in [9.17, 15) is 4.79 Å². The molecule has 1 saturated heterocycles. The molecule has 3 rings (SSSR count). The molecule has 1 aliphatic rings. The van der Waals surface area contributed by atoms with Crippen LogP contribution in [0.3, 0.4) is 0 Å². The van der Waals surface area contributed by atoms with Crippen LogP contribution in [0.4, 0.5) is 5.69 Å². The van der Waals surface area contributed by atoms with E-state index in [2.05, 4.69) is 4.98 Å². The van der Waals surface area contributed by atoms with Gasteiger partial charge in [0.25, 0.3) is 5.91 Å². The van der Waals surface area contributed by atoms with Crippen molar-refractivity contribution in [2.75, 3.05) is 12.3 Å². The topological polar surface area (TPSA) is 59.2 Å². The van der Waals surface area contributed by atoms with E-state index >= 15 is 0 Å².